The van der Waals surface area contributed by atoms with E-state index < -0.39 is 12.0 Å². The van der Waals surface area contributed by atoms with Crippen molar-refractivity contribution in [2.75, 3.05) is 13.2 Å². The summed E-state index contributed by atoms with van der Waals surface area (Å²) in [4.78, 5) is 32.3. The van der Waals surface area contributed by atoms with Crippen LogP contribution in [-0.2, 0) is 22.6 Å². The Morgan fingerprint density at radius 1 is 1.07 bits per heavy atom. The number of nitrogens with zero attached hydrogens (tertiary/aromatic N) is 2. The van der Waals surface area contributed by atoms with Gasteiger partial charge < -0.3 is 14.2 Å². The van der Waals surface area contributed by atoms with E-state index in [2.05, 4.69) is 11.6 Å². The zero-order valence-electron chi connectivity index (χ0n) is 24.8. The summed E-state index contributed by atoms with van der Waals surface area (Å²) in [6.45, 7) is 10.4. The Kier molecular flexibility index (Phi) is 9.82. The third-order valence-electron chi connectivity index (χ3n) is 7.04. The molecule has 1 aliphatic heterocycles. The minimum atomic E-state index is -0.660. The number of benzene rings is 3. The molecule has 0 aliphatic carbocycles. The standard InChI is InChI=1S/C35H33ClN2O5S/c1-5-11-26-18-24(19-28(41-6-2)32(26)43-21-23-14-16-27(36)17-15-23)20-29-33(39)38-31(25-12-9-8-10-13-25)30(34(40)42-7-3)22(4)37-35(38)44-29/h5,8-10,12-20,31H,1,6-7,11,21H2,2-4H3/b29-20+/t31-/m1/s1. The highest BCUT2D eigenvalue weighted by atomic mass is 35.5. The number of esters is 1. The van der Waals surface area contributed by atoms with E-state index in [1.165, 1.54) is 11.3 Å². The summed E-state index contributed by atoms with van der Waals surface area (Å²) in [5.41, 5.74) is 4.05. The van der Waals surface area contributed by atoms with E-state index >= 15 is 0 Å². The zero-order chi connectivity index (χ0) is 31.2. The Bertz CT molecular complexity index is 1890. The van der Waals surface area contributed by atoms with Gasteiger partial charge in [0, 0.05) is 10.6 Å². The molecule has 3 aromatic carbocycles. The highest BCUT2D eigenvalue weighted by Gasteiger charge is 2.33. The summed E-state index contributed by atoms with van der Waals surface area (Å²) in [7, 11) is 0. The quantitative estimate of drug-likeness (QED) is 0.147. The maximum atomic E-state index is 14.0. The van der Waals surface area contributed by atoms with Crippen molar-refractivity contribution in [3.63, 3.8) is 0 Å². The summed E-state index contributed by atoms with van der Waals surface area (Å²) in [6, 6.07) is 20.1. The van der Waals surface area contributed by atoms with Gasteiger partial charge in [0.1, 0.15) is 6.61 Å². The second-order valence-electron chi connectivity index (χ2n) is 10.1. The summed E-state index contributed by atoms with van der Waals surface area (Å²) in [6.07, 6.45) is 4.17. The van der Waals surface area contributed by atoms with Crippen molar-refractivity contribution in [3.8, 4) is 11.5 Å². The number of hydrogen-bond donors (Lipinski definition) is 0. The molecule has 1 aromatic heterocycles. The van der Waals surface area contributed by atoms with E-state index in [-0.39, 0.29) is 12.2 Å². The van der Waals surface area contributed by atoms with Gasteiger partial charge in [-0.05, 0) is 74.2 Å². The first-order valence-corrected chi connectivity index (χ1v) is 15.6. The van der Waals surface area contributed by atoms with Gasteiger partial charge in [-0.2, -0.15) is 0 Å². The van der Waals surface area contributed by atoms with Crippen molar-refractivity contribution in [2.45, 2.75) is 39.8 Å². The zero-order valence-corrected chi connectivity index (χ0v) is 26.4. The Morgan fingerprint density at radius 2 is 1.82 bits per heavy atom. The molecule has 1 atom stereocenters. The lowest BCUT2D eigenvalue weighted by Crippen LogP contribution is -2.39. The van der Waals surface area contributed by atoms with Crippen molar-refractivity contribution >= 4 is 35.0 Å². The lowest BCUT2D eigenvalue weighted by atomic mass is 9.96. The normalized spacial score (nSPS) is 14.5. The van der Waals surface area contributed by atoms with Crippen LogP contribution in [0.25, 0.3) is 6.08 Å². The van der Waals surface area contributed by atoms with Crippen molar-refractivity contribution in [2.24, 2.45) is 4.99 Å². The highest BCUT2D eigenvalue weighted by molar-refractivity contribution is 7.07. The molecule has 2 heterocycles. The molecule has 0 spiro atoms. The minimum Gasteiger partial charge on any atom is -0.490 e. The molecular formula is C35H33ClN2O5S. The van der Waals surface area contributed by atoms with E-state index in [0.29, 0.717) is 56.8 Å². The van der Waals surface area contributed by atoms with Gasteiger partial charge in [-0.15, -0.1) is 6.58 Å². The molecule has 1 aliphatic rings. The first kappa shape index (κ1) is 31.0. The van der Waals surface area contributed by atoms with Gasteiger partial charge in [-0.1, -0.05) is 71.5 Å². The van der Waals surface area contributed by atoms with Gasteiger partial charge in [0.05, 0.1) is 35.1 Å². The number of carbonyl (C=O) groups is 1. The molecule has 0 unspecified atom stereocenters. The van der Waals surface area contributed by atoms with E-state index in [1.54, 1.807) is 24.5 Å². The number of fused-ring (bicyclic) bond motifs is 1. The van der Waals surface area contributed by atoms with Crippen LogP contribution in [0.2, 0.25) is 5.02 Å². The van der Waals surface area contributed by atoms with Crippen molar-refractivity contribution in [1.82, 2.24) is 4.57 Å². The first-order valence-electron chi connectivity index (χ1n) is 14.4. The van der Waals surface area contributed by atoms with E-state index in [4.69, 9.17) is 25.8 Å². The molecule has 0 bridgehead atoms. The van der Waals surface area contributed by atoms with Crippen LogP contribution in [0.3, 0.4) is 0 Å². The molecule has 5 rings (SSSR count). The number of hydrogen-bond acceptors (Lipinski definition) is 7. The predicted octanol–water partition coefficient (Wildman–Crippen LogP) is 6.16. The first-order chi connectivity index (χ1) is 21.3. The maximum Gasteiger partial charge on any atom is 0.338 e. The summed E-state index contributed by atoms with van der Waals surface area (Å²) in [5, 5.41) is 0.660. The Morgan fingerprint density at radius 3 is 2.50 bits per heavy atom. The number of thiazole rings is 1. The number of ether oxygens (including phenoxy) is 3. The van der Waals surface area contributed by atoms with Crippen LogP contribution in [-0.4, -0.2) is 23.8 Å². The smallest absolute Gasteiger partial charge is 0.338 e. The number of aromatic nitrogens is 1. The fourth-order valence-electron chi connectivity index (χ4n) is 5.13. The summed E-state index contributed by atoms with van der Waals surface area (Å²) in [5.74, 6) is 0.711. The van der Waals surface area contributed by atoms with Gasteiger partial charge in [-0.3, -0.25) is 9.36 Å². The van der Waals surface area contributed by atoms with Crippen molar-refractivity contribution < 1.29 is 19.0 Å². The highest BCUT2D eigenvalue weighted by Crippen LogP contribution is 2.35. The van der Waals surface area contributed by atoms with Gasteiger partial charge in [-0.25, -0.2) is 9.79 Å². The molecule has 0 saturated heterocycles. The fourth-order valence-corrected chi connectivity index (χ4v) is 6.30. The molecule has 0 amide bonds. The number of halogens is 1. The number of carbonyl (C=O) groups excluding carboxylic acids is 1. The molecule has 0 fully saturated rings. The fraction of sp³-hybridized carbons (Fsp3) is 0.229. The summed E-state index contributed by atoms with van der Waals surface area (Å²) >= 11 is 7.32. The Labute approximate surface area is 265 Å². The van der Waals surface area contributed by atoms with Crippen molar-refractivity contribution in [1.29, 1.82) is 0 Å². The molecule has 0 saturated carbocycles. The Hall–Kier alpha value is -4.40. The lowest BCUT2D eigenvalue weighted by Gasteiger charge is -2.24. The van der Waals surface area contributed by atoms with Crippen LogP contribution in [0.4, 0.5) is 0 Å². The SMILES string of the molecule is C=CCc1cc(/C=c2/sc3n(c2=O)[C@H](c2ccccc2)C(C(=O)OCC)=C(C)N=3)cc(OCC)c1OCc1ccc(Cl)cc1. The van der Waals surface area contributed by atoms with Gasteiger partial charge >= 0.3 is 5.97 Å². The molecule has 0 radical (unpaired) electrons. The number of rotatable bonds is 11. The predicted molar refractivity (Wildman–Crippen MR) is 174 cm³/mol. The van der Waals surface area contributed by atoms with Gasteiger partial charge in [0.15, 0.2) is 16.3 Å². The van der Waals surface area contributed by atoms with Crippen molar-refractivity contribution in [3.05, 3.63) is 138 Å². The van der Waals surface area contributed by atoms with Gasteiger partial charge in [0.25, 0.3) is 5.56 Å². The maximum absolute atomic E-state index is 14.0. The molecule has 7 nitrogen and oxygen atoms in total. The minimum absolute atomic E-state index is 0.218. The van der Waals surface area contributed by atoms with Crippen LogP contribution < -0.4 is 24.4 Å². The largest absolute Gasteiger partial charge is 0.490 e. The van der Waals surface area contributed by atoms with Crippen LogP contribution in [0, 0.1) is 0 Å². The molecular weight excluding hydrogens is 596 g/mol. The van der Waals surface area contributed by atoms with E-state index in [0.717, 1.165) is 22.3 Å². The number of allylic oxidation sites excluding steroid dienone is 2. The van der Waals surface area contributed by atoms with E-state index in [9.17, 15) is 9.59 Å². The molecule has 4 aromatic rings. The summed E-state index contributed by atoms with van der Waals surface area (Å²) < 4.78 is 19.7. The average molecular weight is 629 g/mol. The van der Waals surface area contributed by atoms with Gasteiger partial charge in [0.2, 0.25) is 0 Å². The second-order valence-corrected chi connectivity index (χ2v) is 11.5. The topological polar surface area (TPSA) is 79.1 Å². The Balaban J connectivity index is 1.61. The third-order valence-corrected chi connectivity index (χ3v) is 8.28. The molecule has 44 heavy (non-hydrogen) atoms. The second kappa shape index (κ2) is 13.9. The molecule has 9 heteroatoms. The monoisotopic (exact) mass is 628 g/mol. The molecule has 0 N–H and O–H groups in total. The van der Waals surface area contributed by atoms with Crippen LogP contribution >= 0.6 is 22.9 Å². The lowest BCUT2D eigenvalue weighted by molar-refractivity contribution is -0.139. The molecule has 226 valence electrons. The van der Waals surface area contributed by atoms with E-state index in [1.807, 2.05) is 79.7 Å². The van der Waals surface area contributed by atoms with Crippen LogP contribution in [0.1, 0.15) is 49.1 Å². The average Bonchev–Trinajstić information content (AvgIpc) is 3.31. The van der Waals surface area contributed by atoms with Crippen LogP contribution in [0.5, 0.6) is 11.5 Å². The third kappa shape index (κ3) is 6.56. The van der Waals surface area contributed by atoms with Crippen LogP contribution in [0.15, 0.2) is 100 Å².